The van der Waals surface area contributed by atoms with Crippen LogP contribution in [0.1, 0.15) is 69.9 Å². The third kappa shape index (κ3) is 7.55. The quantitative estimate of drug-likeness (QED) is 0.148. The smallest absolute Gasteiger partial charge is 0.0540 e. The van der Waals surface area contributed by atoms with Crippen molar-refractivity contribution >= 4 is 38.6 Å². The van der Waals surface area contributed by atoms with Gasteiger partial charge in [0.15, 0.2) is 0 Å². The van der Waals surface area contributed by atoms with Gasteiger partial charge >= 0.3 is 0 Å². The highest BCUT2D eigenvalue weighted by atomic mass is 15.1. The lowest BCUT2D eigenvalue weighted by atomic mass is 9.80. The summed E-state index contributed by atoms with van der Waals surface area (Å²) in [5.41, 5.74) is 16.2. The molecule has 0 unspecified atom stereocenters. The first-order chi connectivity index (χ1) is 29.9. The first kappa shape index (κ1) is 38.5. The molecule has 0 N–H and O–H groups in total. The number of fused-ring (bicyclic) bond motifs is 2. The van der Waals surface area contributed by atoms with Gasteiger partial charge in [-0.05, 0) is 114 Å². The fourth-order valence-corrected chi connectivity index (χ4v) is 9.84. The lowest BCUT2D eigenvalue weighted by molar-refractivity contribution is 0.445. The minimum absolute atomic E-state index is 0.0793. The summed E-state index contributed by atoms with van der Waals surface area (Å²) in [6.07, 6.45) is 6.50. The van der Waals surface area contributed by atoms with Crippen LogP contribution in [0.5, 0.6) is 0 Å². The third-order valence-corrected chi connectivity index (χ3v) is 13.1. The van der Waals surface area contributed by atoms with E-state index in [1.54, 1.807) is 0 Å². The molecule has 9 aromatic carbocycles. The van der Waals surface area contributed by atoms with E-state index in [2.05, 4.69) is 226 Å². The fourth-order valence-electron chi connectivity index (χ4n) is 9.84. The molecule has 0 aromatic heterocycles. The minimum atomic E-state index is 0.0793. The van der Waals surface area contributed by atoms with Gasteiger partial charge in [0.2, 0.25) is 0 Å². The van der Waals surface area contributed by atoms with Crippen LogP contribution in [-0.4, -0.2) is 0 Å². The summed E-state index contributed by atoms with van der Waals surface area (Å²) in [6, 6.07) is 74.5. The zero-order valence-corrected chi connectivity index (χ0v) is 35.6. The van der Waals surface area contributed by atoms with Crippen LogP contribution in [0, 0.1) is 0 Å². The second kappa shape index (κ2) is 16.4. The van der Waals surface area contributed by atoms with Crippen LogP contribution >= 0.6 is 0 Å². The Bertz CT molecular complexity index is 2950. The summed E-state index contributed by atoms with van der Waals surface area (Å²) in [6.45, 7) is 6.85. The maximum atomic E-state index is 2.50. The molecule has 0 atom stereocenters. The van der Waals surface area contributed by atoms with Crippen LogP contribution in [0.4, 0.5) is 17.1 Å². The van der Waals surface area contributed by atoms with Gasteiger partial charge in [-0.15, -0.1) is 0 Å². The van der Waals surface area contributed by atoms with Crippen LogP contribution in [0.2, 0.25) is 0 Å². The summed E-state index contributed by atoms with van der Waals surface area (Å²) < 4.78 is 0. The Morgan fingerprint density at radius 3 is 1.59 bits per heavy atom. The normalized spacial score (nSPS) is 13.4. The molecule has 0 aliphatic heterocycles. The third-order valence-electron chi connectivity index (χ3n) is 13.1. The Morgan fingerprint density at radius 1 is 0.393 bits per heavy atom. The SMILES string of the molecule is CC(C)(C)c1ccc(-c2ccccc2N(c2ccc(-c3ccc(-c4cccc5ccccc45)cc3)cc2)c2ccccc2-c2cccc3cccc(C4CCCCC4)c23)cc1. The van der Waals surface area contributed by atoms with Crippen molar-refractivity contribution in [1.29, 1.82) is 0 Å². The summed E-state index contributed by atoms with van der Waals surface area (Å²) in [5, 5.41) is 5.26. The van der Waals surface area contributed by atoms with Crippen molar-refractivity contribution in [2.45, 2.75) is 64.2 Å². The van der Waals surface area contributed by atoms with Gasteiger partial charge in [-0.3, -0.25) is 0 Å². The van der Waals surface area contributed by atoms with E-state index in [-0.39, 0.29) is 5.41 Å². The highest BCUT2D eigenvalue weighted by Crippen LogP contribution is 2.48. The van der Waals surface area contributed by atoms with Crippen molar-refractivity contribution in [3.05, 3.63) is 211 Å². The van der Waals surface area contributed by atoms with E-state index in [0.29, 0.717) is 5.92 Å². The van der Waals surface area contributed by atoms with Crippen LogP contribution in [-0.2, 0) is 5.41 Å². The molecule has 0 radical (unpaired) electrons. The predicted octanol–water partition coefficient (Wildman–Crippen LogP) is 17.5. The molecule has 1 nitrogen and oxygen atoms in total. The maximum absolute atomic E-state index is 2.50. The highest BCUT2D eigenvalue weighted by Gasteiger charge is 2.24. The summed E-state index contributed by atoms with van der Waals surface area (Å²) in [4.78, 5) is 2.50. The van der Waals surface area contributed by atoms with Gasteiger partial charge in [0, 0.05) is 16.8 Å². The average molecular weight is 788 g/mol. The minimum Gasteiger partial charge on any atom is -0.309 e. The lowest BCUT2D eigenvalue weighted by Crippen LogP contribution is -2.13. The molecular formula is C60H53N. The molecule has 0 amide bonds. The Labute approximate surface area is 362 Å². The van der Waals surface area contributed by atoms with Crippen LogP contribution < -0.4 is 4.90 Å². The predicted molar refractivity (Wildman–Crippen MR) is 262 cm³/mol. The molecule has 298 valence electrons. The van der Waals surface area contributed by atoms with Crippen molar-refractivity contribution < 1.29 is 0 Å². The van der Waals surface area contributed by atoms with Crippen molar-refractivity contribution in [2.75, 3.05) is 4.90 Å². The number of para-hydroxylation sites is 2. The fraction of sp³-hybridized carbons (Fsp3) is 0.167. The second-order valence-electron chi connectivity index (χ2n) is 17.9. The topological polar surface area (TPSA) is 3.24 Å². The Kier molecular flexibility index (Phi) is 10.3. The summed E-state index contributed by atoms with van der Waals surface area (Å²) in [5.74, 6) is 0.590. The molecule has 61 heavy (non-hydrogen) atoms. The number of hydrogen-bond donors (Lipinski definition) is 0. The molecular weight excluding hydrogens is 735 g/mol. The molecule has 1 aliphatic rings. The van der Waals surface area contributed by atoms with E-state index in [1.807, 2.05) is 0 Å². The lowest BCUT2D eigenvalue weighted by Gasteiger charge is -2.31. The zero-order valence-electron chi connectivity index (χ0n) is 35.6. The molecule has 1 heteroatoms. The Morgan fingerprint density at radius 2 is 0.885 bits per heavy atom. The number of rotatable bonds is 8. The maximum Gasteiger partial charge on any atom is 0.0540 e. The van der Waals surface area contributed by atoms with Gasteiger partial charge in [-0.1, -0.05) is 216 Å². The molecule has 1 saturated carbocycles. The van der Waals surface area contributed by atoms with E-state index in [4.69, 9.17) is 0 Å². The van der Waals surface area contributed by atoms with E-state index >= 15 is 0 Å². The number of hydrogen-bond acceptors (Lipinski definition) is 1. The van der Waals surface area contributed by atoms with Crippen LogP contribution in [0.3, 0.4) is 0 Å². The van der Waals surface area contributed by atoms with Gasteiger partial charge in [0.05, 0.1) is 11.4 Å². The first-order valence-corrected chi connectivity index (χ1v) is 22.2. The Balaban J connectivity index is 1.11. The summed E-state index contributed by atoms with van der Waals surface area (Å²) >= 11 is 0. The highest BCUT2D eigenvalue weighted by molar-refractivity contribution is 6.04. The van der Waals surface area contributed by atoms with Crippen molar-refractivity contribution in [1.82, 2.24) is 0 Å². The summed E-state index contributed by atoms with van der Waals surface area (Å²) in [7, 11) is 0. The van der Waals surface area contributed by atoms with E-state index in [1.165, 1.54) is 115 Å². The molecule has 0 saturated heterocycles. The van der Waals surface area contributed by atoms with Crippen molar-refractivity contribution in [3.8, 4) is 44.5 Å². The van der Waals surface area contributed by atoms with E-state index in [9.17, 15) is 0 Å². The molecule has 0 spiro atoms. The van der Waals surface area contributed by atoms with Crippen molar-refractivity contribution in [2.24, 2.45) is 0 Å². The molecule has 1 fully saturated rings. The van der Waals surface area contributed by atoms with Gasteiger partial charge in [-0.2, -0.15) is 0 Å². The molecule has 1 aliphatic carbocycles. The van der Waals surface area contributed by atoms with E-state index in [0.717, 1.165) is 11.4 Å². The van der Waals surface area contributed by atoms with Crippen LogP contribution in [0.15, 0.2) is 200 Å². The molecule has 9 aromatic rings. The van der Waals surface area contributed by atoms with Gasteiger partial charge < -0.3 is 4.90 Å². The largest absolute Gasteiger partial charge is 0.309 e. The standard InChI is InChI=1S/C60H53N/c1-60(2,3)49-38-34-47(35-39-49)53-23-9-11-28-57(53)61(50-40-36-43(37-41-50)42-30-32-46(33-31-42)52-25-13-19-44-18-7-8-22-51(44)52)58-29-12-10-24-55(58)56-27-15-21-48-20-14-26-54(59(48)56)45-16-5-4-6-17-45/h7-15,18-41,45H,4-6,16-17H2,1-3H3. The molecule has 10 rings (SSSR count). The van der Waals surface area contributed by atoms with E-state index < -0.39 is 0 Å². The van der Waals surface area contributed by atoms with Gasteiger partial charge in [-0.25, -0.2) is 0 Å². The number of nitrogens with zero attached hydrogens (tertiary/aromatic N) is 1. The van der Waals surface area contributed by atoms with Crippen LogP contribution in [0.25, 0.3) is 66.1 Å². The molecule has 0 bridgehead atoms. The second-order valence-corrected chi connectivity index (χ2v) is 17.9. The van der Waals surface area contributed by atoms with Gasteiger partial charge in [0.25, 0.3) is 0 Å². The zero-order chi connectivity index (χ0) is 41.3. The number of benzene rings is 9. The average Bonchev–Trinajstić information content (AvgIpc) is 3.32. The monoisotopic (exact) mass is 787 g/mol. The first-order valence-electron chi connectivity index (χ1n) is 22.2. The number of anilines is 3. The Hall–Kier alpha value is -6.70. The van der Waals surface area contributed by atoms with Crippen molar-refractivity contribution in [3.63, 3.8) is 0 Å². The van der Waals surface area contributed by atoms with Gasteiger partial charge in [0.1, 0.15) is 0 Å². The molecule has 0 heterocycles.